The van der Waals surface area contributed by atoms with Crippen molar-refractivity contribution in [2.45, 2.75) is 0 Å². The molecule has 0 aromatic heterocycles. The average molecular weight is 389 g/mol. The molecule has 0 radical (unpaired) electrons. The topological polar surface area (TPSA) is 135 Å². The molecule has 0 aliphatic heterocycles. The van der Waals surface area contributed by atoms with E-state index < -0.39 is 11.9 Å². The molecule has 148 valence electrons. The van der Waals surface area contributed by atoms with Crippen molar-refractivity contribution in [3.05, 3.63) is 41.5 Å². The Morgan fingerprint density at radius 2 is 1.50 bits per heavy atom. The Kier molecular flexibility index (Phi) is 6.33. The molecule has 0 aliphatic rings. The number of aromatic carboxylic acids is 1. The number of hydrogen-bond acceptors (Lipinski definition) is 7. The number of amides is 1. The number of carbonyl (C=O) groups is 2. The van der Waals surface area contributed by atoms with Crippen molar-refractivity contribution in [3.8, 4) is 28.7 Å². The largest absolute Gasteiger partial charge is 0.504 e. The minimum absolute atomic E-state index is 0.0114. The Hall–Kier alpha value is -3.88. The van der Waals surface area contributed by atoms with E-state index in [2.05, 4.69) is 5.32 Å². The van der Waals surface area contributed by atoms with Gasteiger partial charge < -0.3 is 34.8 Å². The summed E-state index contributed by atoms with van der Waals surface area (Å²) in [5.41, 5.74) is 0.161. The summed E-state index contributed by atoms with van der Waals surface area (Å²) in [7, 11) is 4.05. The van der Waals surface area contributed by atoms with Crippen LogP contribution in [0.2, 0.25) is 0 Å². The van der Waals surface area contributed by atoms with Gasteiger partial charge in [-0.15, -0.1) is 0 Å². The molecule has 0 unspecified atom stereocenters. The number of carbonyl (C=O) groups excluding carboxylic acids is 1. The predicted molar refractivity (Wildman–Crippen MR) is 100 cm³/mol. The minimum Gasteiger partial charge on any atom is -0.504 e. The summed E-state index contributed by atoms with van der Waals surface area (Å²) in [6.45, 7) is 0. The number of rotatable bonds is 7. The lowest BCUT2D eigenvalue weighted by Gasteiger charge is -2.11. The van der Waals surface area contributed by atoms with E-state index in [1.807, 2.05) is 0 Å². The maximum Gasteiger partial charge on any atom is 0.337 e. The van der Waals surface area contributed by atoms with Crippen LogP contribution in [-0.2, 0) is 4.79 Å². The van der Waals surface area contributed by atoms with E-state index in [0.717, 1.165) is 12.1 Å². The maximum atomic E-state index is 12.2. The van der Waals surface area contributed by atoms with Gasteiger partial charge in [0.25, 0.3) is 0 Å². The number of methoxy groups -OCH3 is 3. The number of hydrogen-bond donors (Lipinski definition) is 4. The molecule has 2 aromatic rings. The van der Waals surface area contributed by atoms with Gasteiger partial charge in [-0.05, 0) is 23.8 Å². The van der Waals surface area contributed by atoms with Crippen LogP contribution in [0, 0.1) is 0 Å². The molecule has 0 fully saturated rings. The summed E-state index contributed by atoms with van der Waals surface area (Å²) < 4.78 is 15.0. The van der Waals surface area contributed by atoms with E-state index in [-0.39, 0.29) is 40.0 Å². The van der Waals surface area contributed by atoms with Crippen molar-refractivity contribution in [1.29, 1.82) is 0 Å². The van der Waals surface area contributed by atoms with Crippen molar-refractivity contribution in [3.63, 3.8) is 0 Å². The number of carboxylic acid groups (broad SMARTS) is 1. The summed E-state index contributed by atoms with van der Waals surface area (Å²) in [5, 5.41) is 31.3. The molecular formula is C19H19NO8. The molecule has 9 nitrogen and oxygen atoms in total. The van der Waals surface area contributed by atoms with Gasteiger partial charge >= 0.3 is 5.97 Å². The fraction of sp³-hybridized carbons (Fsp3) is 0.158. The standard InChI is InChI=1S/C19H19NO8/c1-26-14-9-12(11(19(24)25)8-13(14)21)20-17(22)5-4-10-6-15(27-2)18(23)16(7-10)28-3/h4-9,21,23H,1-3H3,(H,20,22)(H,24,25)/b5-4+. The highest BCUT2D eigenvalue weighted by Crippen LogP contribution is 2.37. The van der Waals surface area contributed by atoms with Crippen molar-refractivity contribution < 1.29 is 39.1 Å². The Morgan fingerprint density at radius 3 is 2.00 bits per heavy atom. The van der Waals surface area contributed by atoms with E-state index >= 15 is 0 Å². The molecule has 0 spiro atoms. The van der Waals surface area contributed by atoms with Crippen LogP contribution in [0.15, 0.2) is 30.3 Å². The SMILES string of the molecule is COc1cc(NC(=O)/C=C/c2cc(OC)c(O)c(OC)c2)c(C(=O)O)cc1O. The molecule has 0 saturated carbocycles. The van der Waals surface area contributed by atoms with Gasteiger partial charge in [0.05, 0.1) is 32.6 Å². The van der Waals surface area contributed by atoms with Crippen molar-refractivity contribution >= 4 is 23.6 Å². The van der Waals surface area contributed by atoms with Crippen LogP contribution >= 0.6 is 0 Å². The molecule has 0 bridgehead atoms. The number of anilines is 1. The van der Waals surface area contributed by atoms with E-state index in [1.54, 1.807) is 0 Å². The Labute approximate surface area is 160 Å². The molecule has 28 heavy (non-hydrogen) atoms. The normalized spacial score (nSPS) is 10.5. The van der Waals surface area contributed by atoms with E-state index in [4.69, 9.17) is 14.2 Å². The lowest BCUT2D eigenvalue weighted by molar-refractivity contribution is -0.111. The first-order chi connectivity index (χ1) is 13.3. The van der Waals surface area contributed by atoms with Gasteiger partial charge in [0.2, 0.25) is 11.7 Å². The molecule has 0 atom stereocenters. The van der Waals surface area contributed by atoms with Crippen molar-refractivity contribution in [1.82, 2.24) is 0 Å². The summed E-state index contributed by atoms with van der Waals surface area (Å²) in [5.74, 6) is -2.15. The van der Waals surface area contributed by atoms with Crippen LogP contribution in [0.1, 0.15) is 15.9 Å². The number of carboxylic acids is 1. The zero-order chi connectivity index (χ0) is 20.8. The molecule has 1 amide bonds. The second-order valence-corrected chi connectivity index (χ2v) is 5.47. The second kappa shape index (κ2) is 8.67. The van der Waals surface area contributed by atoms with Gasteiger partial charge in [-0.2, -0.15) is 0 Å². The van der Waals surface area contributed by atoms with Crippen LogP contribution in [0.25, 0.3) is 6.08 Å². The number of nitrogens with one attached hydrogen (secondary N) is 1. The van der Waals surface area contributed by atoms with Gasteiger partial charge in [-0.25, -0.2) is 4.79 Å². The lowest BCUT2D eigenvalue weighted by Crippen LogP contribution is -2.12. The van der Waals surface area contributed by atoms with Gasteiger partial charge in [-0.1, -0.05) is 0 Å². The van der Waals surface area contributed by atoms with Gasteiger partial charge in [0.1, 0.15) is 0 Å². The third kappa shape index (κ3) is 4.44. The van der Waals surface area contributed by atoms with E-state index in [9.17, 15) is 24.9 Å². The zero-order valence-corrected chi connectivity index (χ0v) is 15.3. The van der Waals surface area contributed by atoms with Gasteiger partial charge in [0.15, 0.2) is 23.0 Å². The fourth-order valence-corrected chi connectivity index (χ4v) is 2.37. The van der Waals surface area contributed by atoms with E-state index in [1.165, 1.54) is 45.6 Å². The first-order valence-corrected chi connectivity index (χ1v) is 7.89. The first-order valence-electron chi connectivity index (χ1n) is 7.89. The van der Waals surface area contributed by atoms with Crippen LogP contribution < -0.4 is 19.5 Å². The maximum absolute atomic E-state index is 12.2. The highest BCUT2D eigenvalue weighted by Gasteiger charge is 2.16. The predicted octanol–water partition coefficient (Wildman–Crippen LogP) is 2.47. The third-order valence-corrected chi connectivity index (χ3v) is 3.74. The second-order valence-electron chi connectivity index (χ2n) is 5.47. The van der Waals surface area contributed by atoms with Crippen molar-refractivity contribution in [2.75, 3.05) is 26.6 Å². The number of benzene rings is 2. The molecule has 9 heteroatoms. The summed E-state index contributed by atoms with van der Waals surface area (Å²) >= 11 is 0. The summed E-state index contributed by atoms with van der Waals surface area (Å²) in [4.78, 5) is 23.5. The minimum atomic E-state index is -1.33. The molecule has 4 N–H and O–H groups in total. The lowest BCUT2D eigenvalue weighted by atomic mass is 10.1. The van der Waals surface area contributed by atoms with Crippen LogP contribution in [0.3, 0.4) is 0 Å². The molecule has 0 saturated heterocycles. The van der Waals surface area contributed by atoms with Gasteiger partial charge in [-0.3, -0.25) is 4.79 Å². The quantitative estimate of drug-likeness (QED) is 0.419. The van der Waals surface area contributed by atoms with Crippen LogP contribution in [0.5, 0.6) is 28.7 Å². The molecule has 0 heterocycles. The number of phenols is 2. The van der Waals surface area contributed by atoms with Crippen LogP contribution in [-0.4, -0.2) is 48.5 Å². The average Bonchev–Trinajstić information content (AvgIpc) is 2.67. The molecular weight excluding hydrogens is 370 g/mol. The Morgan fingerprint density at radius 1 is 0.929 bits per heavy atom. The summed E-state index contributed by atoms with van der Waals surface area (Å²) in [6.07, 6.45) is 2.59. The third-order valence-electron chi connectivity index (χ3n) is 3.74. The smallest absolute Gasteiger partial charge is 0.337 e. The monoisotopic (exact) mass is 389 g/mol. The Balaban J connectivity index is 2.28. The van der Waals surface area contributed by atoms with Crippen LogP contribution in [0.4, 0.5) is 5.69 Å². The summed E-state index contributed by atoms with van der Waals surface area (Å²) in [6, 6.07) is 5.18. The molecule has 0 aliphatic carbocycles. The van der Waals surface area contributed by atoms with Crippen molar-refractivity contribution in [2.24, 2.45) is 0 Å². The molecule has 2 rings (SSSR count). The number of ether oxygens (including phenoxy) is 3. The zero-order valence-electron chi connectivity index (χ0n) is 15.3. The van der Waals surface area contributed by atoms with Gasteiger partial charge in [0, 0.05) is 18.2 Å². The first kappa shape index (κ1) is 20.4. The van der Waals surface area contributed by atoms with E-state index in [0.29, 0.717) is 5.56 Å². The number of phenolic OH excluding ortho intramolecular Hbond substituents is 2. The number of aromatic hydroxyl groups is 2. The highest BCUT2D eigenvalue weighted by molar-refractivity contribution is 6.06. The fourth-order valence-electron chi connectivity index (χ4n) is 2.37. The highest BCUT2D eigenvalue weighted by atomic mass is 16.5. The molecule has 2 aromatic carbocycles. The Bertz CT molecular complexity index is 911.